The van der Waals surface area contributed by atoms with Gasteiger partial charge < -0.3 is 4.90 Å². The topological polar surface area (TPSA) is 91.6 Å². The maximum absolute atomic E-state index is 11.9. The number of aromatic nitrogens is 3. The van der Waals surface area contributed by atoms with E-state index in [2.05, 4.69) is 10.3 Å². The molecule has 0 bridgehead atoms. The summed E-state index contributed by atoms with van der Waals surface area (Å²) in [5.74, 6) is 0.154. The zero-order chi connectivity index (χ0) is 15.9. The number of rotatable bonds is 5. The smallest absolute Gasteiger partial charge is 0.281 e. The van der Waals surface area contributed by atoms with Gasteiger partial charge >= 0.3 is 0 Å². The second-order valence-corrected chi connectivity index (χ2v) is 8.01. The standard InChI is InChI=1S/C12H20N6O3S/c1-15(2)22(20,21)17-8-11(9-17)18-7-10(13-14-18)6-16-5-3-4-12(16)19/h7,11H,3-6,8-9H2,1-2H3. The minimum Gasteiger partial charge on any atom is -0.337 e. The number of hydrogen-bond donors (Lipinski definition) is 0. The third kappa shape index (κ3) is 2.73. The number of hydrogen-bond acceptors (Lipinski definition) is 5. The lowest BCUT2D eigenvalue weighted by molar-refractivity contribution is -0.128. The Balaban J connectivity index is 1.58. The van der Waals surface area contributed by atoms with Gasteiger partial charge in [-0.3, -0.25) is 4.79 Å². The molecule has 10 heteroatoms. The van der Waals surface area contributed by atoms with Gasteiger partial charge in [0.05, 0.1) is 18.8 Å². The molecule has 9 nitrogen and oxygen atoms in total. The number of amides is 1. The van der Waals surface area contributed by atoms with Gasteiger partial charge in [0.2, 0.25) is 5.91 Å². The van der Waals surface area contributed by atoms with E-state index >= 15 is 0 Å². The molecule has 2 aliphatic rings. The van der Waals surface area contributed by atoms with Crippen molar-refractivity contribution in [3.63, 3.8) is 0 Å². The predicted octanol–water partition coefficient (Wildman–Crippen LogP) is -0.936. The second-order valence-electron chi connectivity index (χ2n) is 5.87. The summed E-state index contributed by atoms with van der Waals surface area (Å²) >= 11 is 0. The SMILES string of the molecule is CN(C)S(=O)(=O)N1CC(n2cc(CN3CCCC3=O)nn2)C1. The lowest BCUT2D eigenvalue weighted by Crippen LogP contribution is -2.54. The van der Waals surface area contributed by atoms with Gasteiger partial charge in [0, 0.05) is 40.2 Å². The molecule has 0 radical (unpaired) electrons. The lowest BCUT2D eigenvalue weighted by atomic mass is 10.2. The molecule has 2 fully saturated rings. The van der Waals surface area contributed by atoms with Crippen LogP contribution in [0.3, 0.4) is 0 Å². The Labute approximate surface area is 129 Å². The summed E-state index contributed by atoms with van der Waals surface area (Å²) in [6, 6.07) is 0.00487. The first-order chi connectivity index (χ1) is 10.4. The van der Waals surface area contributed by atoms with Crippen LogP contribution in [-0.2, 0) is 21.5 Å². The largest absolute Gasteiger partial charge is 0.337 e. The molecule has 22 heavy (non-hydrogen) atoms. The van der Waals surface area contributed by atoms with Crippen LogP contribution in [0.5, 0.6) is 0 Å². The van der Waals surface area contributed by atoms with Gasteiger partial charge in [0.1, 0.15) is 5.69 Å². The van der Waals surface area contributed by atoms with Crippen molar-refractivity contribution in [3.05, 3.63) is 11.9 Å². The summed E-state index contributed by atoms with van der Waals surface area (Å²) in [6.07, 6.45) is 3.30. The molecule has 1 amide bonds. The van der Waals surface area contributed by atoms with Gasteiger partial charge in [0.15, 0.2) is 0 Å². The Morgan fingerprint density at radius 3 is 2.68 bits per heavy atom. The fraction of sp³-hybridized carbons (Fsp3) is 0.750. The van der Waals surface area contributed by atoms with Crippen molar-refractivity contribution in [2.45, 2.75) is 25.4 Å². The van der Waals surface area contributed by atoms with Gasteiger partial charge in [-0.25, -0.2) is 4.68 Å². The van der Waals surface area contributed by atoms with E-state index in [1.54, 1.807) is 15.8 Å². The van der Waals surface area contributed by atoms with Crippen LogP contribution in [0.25, 0.3) is 0 Å². The predicted molar refractivity (Wildman–Crippen MR) is 77.9 cm³/mol. The number of nitrogens with zero attached hydrogens (tertiary/aromatic N) is 6. The molecule has 3 rings (SSSR count). The molecule has 2 saturated heterocycles. The van der Waals surface area contributed by atoms with Crippen molar-refractivity contribution in [1.82, 2.24) is 28.5 Å². The Kier molecular flexibility index (Phi) is 3.91. The molecule has 0 aromatic carbocycles. The molecule has 0 N–H and O–H groups in total. The lowest BCUT2D eigenvalue weighted by Gasteiger charge is -2.38. The van der Waals surface area contributed by atoms with Crippen molar-refractivity contribution in [1.29, 1.82) is 0 Å². The van der Waals surface area contributed by atoms with Gasteiger partial charge in [-0.2, -0.15) is 17.0 Å². The van der Waals surface area contributed by atoms with E-state index in [0.29, 0.717) is 26.1 Å². The summed E-state index contributed by atoms with van der Waals surface area (Å²) < 4.78 is 28.1. The minimum absolute atomic E-state index is 0.00487. The Morgan fingerprint density at radius 1 is 1.36 bits per heavy atom. The van der Waals surface area contributed by atoms with E-state index < -0.39 is 10.2 Å². The first kappa shape index (κ1) is 15.4. The van der Waals surface area contributed by atoms with Gasteiger partial charge in [-0.1, -0.05) is 5.21 Å². The van der Waals surface area contributed by atoms with Crippen molar-refractivity contribution in [3.8, 4) is 0 Å². The summed E-state index contributed by atoms with van der Waals surface area (Å²) in [5.41, 5.74) is 0.740. The highest BCUT2D eigenvalue weighted by molar-refractivity contribution is 7.86. The summed E-state index contributed by atoms with van der Waals surface area (Å²) in [5, 5.41) is 8.14. The average molecular weight is 328 g/mol. The molecule has 0 spiro atoms. The Morgan fingerprint density at radius 2 is 2.09 bits per heavy atom. The highest BCUT2D eigenvalue weighted by Gasteiger charge is 2.38. The zero-order valence-electron chi connectivity index (χ0n) is 12.7. The van der Waals surface area contributed by atoms with E-state index in [0.717, 1.165) is 18.7 Å². The van der Waals surface area contributed by atoms with E-state index in [1.807, 2.05) is 0 Å². The second kappa shape index (κ2) is 5.60. The quantitative estimate of drug-likeness (QED) is 0.696. The molecule has 3 heterocycles. The van der Waals surface area contributed by atoms with E-state index in [1.165, 1.54) is 22.7 Å². The molecular formula is C12H20N6O3S. The highest BCUT2D eigenvalue weighted by atomic mass is 32.2. The molecule has 0 unspecified atom stereocenters. The third-order valence-electron chi connectivity index (χ3n) is 4.07. The van der Waals surface area contributed by atoms with E-state index in [9.17, 15) is 13.2 Å². The van der Waals surface area contributed by atoms with Crippen LogP contribution in [0.1, 0.15) is 24.6 Å². The van der Waals surface area contributed by atoms with Crippen LogP contribution in [0.2, 0.25) is 0 Å². The zero-order valence-corrected chi connectivity index (χ0v) is 13.5. The summed E-state index contributed by atoms with van der Waals surface area (Å²) in [6.45, 7) is 2.03. The van der Waals surface area contributed by atoms with Crippen LogP contribution in [0, 0.1) is 0 Å². The molecule has 2 aliphatic heterocycles. The number of carbonyl (C=O) groups excluding carboxylic acids is 1. The Bertz CT molecular complexity index is 664. The summed E-state index contributed by atoms with van der Waals surface area (Å²) in [4.78, 5) is 13.4. The molecule has 122 valence electrons. The van der Waals surface area contributed by atoms with Crippen LogP contribution in [0.15, 0.2) is 6.20 Å². The first-order valence-corrected chi connectivity index (χ1v) is 8.63. The van der Waals surface area contributed by atoms with Crippen molar-refractivity contribution in [2.75, 3.05) is 33.7 Å². The average Bonchev–Trinajstić information content (AvgIpc) is 2.98. The highest BCUT2D eigenvalue weighted by Crippen LogP contribution is 2.24. The van der Waals surface area contributed by atoms with Gasteiger partial charge in [-0.15, -0.1) is 5.10 Å². The fourth-order valence-electron chi connectivity index (χ4n) is 2.63. The molecular weight excluding hydrogens is 308 g/mol. The van der Waals surface area contributed by atoms with Crippen LogP contribution in [0.4, 0.5) is 0 Å². The minimum atomic E-state index is -3.35. The van der Waals surface area contributed by atoms with E-state index in [-0.39, 0.29) is 11.9 Å². The maximum Gasteiger partial charge on any atom is 0.281 e. The van der Waals surface area contributed by atoms with Crippen LogP contribution in [-0.4, -0.2) is 76.6 Å². The van der Waals surface area contributed by atoms with Crippen LogP contribution >= 0.6 is 0 Å². The number of carbonyl (C=O) groups is 1. The van der Waals surface area contributed by atoms with E-state index in [4.69, 9.17) is 0 Å². The Hall–Kier alpha value is -1.52. The molecule has 0 saturated carbocycles. The van der Waals surface area contributed by atoms with Gasteiger partial charge in [-0.05, 0) is 6.42 Å². The molecule has 1 aromatic rings. The third-order valence-corrected chi connectivity index (χ3v) is 5.95. The maximum atomic E-state index is 11.9. The van der Waals surface area contributed by atoms with Crippen molar-refractivity contribution in [2.24, 2.45) is 0 Å². The molecule has 0 atom stereocenters. The fourth-order valence-corrected chi connectivity index (χ4v) is 3.82. The normalized spacial score (nSPS) is 20.9. The van der Waals surface area contributed by atoms with Crippen LogP contribution < -0.4 is 0 Å². The molecule has 0 aliphatic carbocycles. The van der Waals surface area contributed by atoms with Crippen molar-refractivity contribution >= 4 is 16.1 Å². The summed E-state index contributed by atoms with van der Waals surface area (Å²) in [7, 11) is -0.314. The van der Waals surface area contributed by atoms with Crippen molar-refractivity contribution < 1.29 is 13.2 Å². The molecule has 1 aromatic heterocycles. The number of likely N-dealkylation sites (tertiary alicyclic amines) is 1. The first-order valence-electron chi connectivity index (χ1n) is 7.24. The van der Waals surface area contributed by atoms with Gasteiger partial charge in [0.25, 0.3) is 10.2 Å². The monoisotopic (exact) mass is 328 g/mol.